The van der Waals surface area contributed by atoms with Crippen LogP contribution >= 0.6 is 0 Å². The van der Waals surface area contributed by atoms with Gasteiger partial charge in [-0.1, -0.05) is 35.5 Å². The average molecular weight is 355 g/mol. The number of aryl methyl sites for hydroxylation is 1. The average Bonchev–Trinajstić information content (AvgIpc) is 3.00. The number of benzene rings is 1. The van der Waals surface area contributed by atoms with Crippen LogP contribution in [0.1, 0.15) is 28.2 Å². The fourth-order valence-electron chi connectivity index (χ4n) is 4.07. The van der Waals surface area contributed by atoms with Gasteiger partial charge in [0.1, 0.15) is 5.76 Å². The molecule has 6 heteroatoms. The summed E-state index contributed by atoms with van der Waals surface area (Å²) < 4.78 is 10.9. The largest absolute Gasteiger partial charge is 0.380 e. The summed E-state index contributed by atoms with van der Waals surface area (Å²) in [7, 11) is 0. The first-order chi connectivity index (χ1) is 12.7. The molecule has 0 saturated carbocycles. The molecule has 1 aromatic carbocycles. The van der Waals surface area contributed by atoms with Gasteiger partial charge in [0.25, 0.3) is 5.91 Å². The van der Waals surface area contributed by atoms with Crippen LogP contribution in [0.4, 0.5) is 0 Å². The van der Waals surface area contributed by atoms with E-state index >= 15 is 0 Å². The van der Waals surface area contributed by atoms with Crippen molar-refractivity contribution in [3.8, 4) is 0 Å². The van der Waals surface area contributed by atoms with Crippen LogP contribution in [0.3, 0.4) is 0 Å². The number of piperidine rings is 1. The highest BCUT2D eigenvalue weighted by Crippen LogP contribution is 2.27. The molecule has 0 aliphatic carbocycles. The zero-order valence-electron chi connectivity index (χ0n) is 15.1. The van der Waals surface area contributed by atoms with Gasteiger partial charge in [0.2, 0.25) is 0 Å². The van der Waals surface area contributed by atoms with Gasteiger partial charge in [-0.25, -0.2) is 0 Å². The Morgan fingerprint density at radius 1 is 1.27 bits per heavy atom. The quantitative estimate of drug-likeness (QED) is 0.846. The maximum atomic E-state index is 12.7. The number of carbonyl (C=O) groups is 1. The van der Waals surface area contributed by atoms with Gasteiger partial charge in [-0.15, -0.1) is 0 Å². The number of amides is 1. The summed E-state index contributed by atoms with van der Waals surface area (Å²) in [5.74, 6) is 0.945. The topological polar surface area (TPSA) is 58.8 Å². The summed E-state index contributed by atoms with van der Waals surface area (Å²) in [6.07, 6.45) is 0.962. The summed E-state index contributed by atoms with van der Waals surface area (Å²) in [5, 5.41) is 3.88. The van der Waals surface area contributed by atoms with E-state index in [-0.39, 0.29) is 5.91 Å². The Kier molecular flexibility index (Phi) is 5.04. The van der Waals surface area contributed by atoms with Crippen molar-refractivity contribution in [3.63, 3.8) is 0 Å². The summed E-state index contributed by atoms with van der Waals surface area (Å²) >= 11 is 0. The molecule has 0 unspecified atom stereocenters. The van der Waals surface area contributed by atoms with Gasteiger partial charge in [-0.3, -0.25) is 9.69 Å². The molecule has 4 rings (SSSR count). The van der Waals surface area contributed by atoms with Gasteiger partial charge in [0.15, 0.2) is 5.69 Å². The second-order valence-corrected chi connectivity index (χ2v) is 7.22. The number of carbonyl (C=O) groups excluding carboxylic acids is 1. The first-order valence-electron chi connectivity index (χ1n) is 9.29. The fraction of sp³-hybridized carbons (Fsp3) is 0.500. The minimum atomic E-state index is -0.0424. The Balaban J connectivity index is 1.45. The molecule has 1 amide bonds. The first-order valence-corrected chi connectivity index (χ1v) is 9.29. The zero-order valence-corrected chi connectivity index (χ0v) is 15.1. The van der Waals surface area contributed by atoms with Crippen molar-refractivity contribution in [2.24, 2.45) is 5.92 Å². The molecular weight excluding hydrogens is 330 g/mol. The number of ether oxygens (including phenoxy) is 1. The van der Waals surface area contributed by atoms with E-state index in [1.165, 1.54) is 5.56 Å². The molecule has 0 bridgehead atoms. The molecule has 0 spiro atoms. The maximum absolute atomic E-state index is 12.7. The van der Waals surface area contributed by atoms with Gasteiger partial charge < -0.3 is 14.2 Å². The van der Waals surface area contributed by atoms with Crippen LogP contribution in [-0.2, 0) is 11.3 Å². The third-order valence-electron chi connectivity index (χ3n) is 5.38. The van der Waals surface area contributed by atoms with E-state index in [0.29, 0.717) is 36.6 Å². The molecule has 0 radical (unpaired) electrons. The lowest BCUT2D eigenvalue weighted by atomic mass is 9.91. The van der Waals surface area contributed by atoms with E-state index in [1.807, 2.05) is 11.0 Å². The van der Waals surface area contributed by atoms with E-state index in [9.17, 15) is 4.79 Å². The lowest BCUT2D eigenvalue weighted by Crippen LogP contribution is -2.52. The highest BCUT2D eigenvalue weighted by atomic mass is 16.5. The minimum absolute atomic E-state index is 0.0424. The summed E-state index contributed by atoms with van der Waals surface area (Å²) in [4.78, 5) is 17.1. The Morgan fingerprint density at radius 3 is 2.88 bits per heavy atom. The van der Waals surface area contributed by atoms with Crippen molar-refractivity contribution >= 4 is 5.91 Å². The predicted octanol–water partition coefficient (Wildman–Crippen LogP) is 2.35. The number of fused-ring (bicyclic) bond motifs is 1. The third kappa shape index (κ3) is 3.66. The first kappa shape index (κ1) is 17.2. The molecule has 6 nitrogen and oxygen atoms in total. The molecule has 2 saturated heterocycles. The predicted molar refractivity (Wildman–Crippen MR) is 96.7 cm³/mol. The van der Waals surface area contributed by atoms with Crippen LogP contribution < -0.4 is 0 Å². The highest BCUT2D eigenvalue weighted by molar-refractivity contribution is 5.92. The molecule has 3 heterocycles. The van der Waals surface area contributed by atoms with E-state index < -0.39 is 0 Å². The van der Waals surface area contributed by atoms with Gasteiger partial charge in [0, 0.05) is 44.2 Å². The molecule has 2 aromatic rings. The van der Waals surface area contributed by atoms with Crippen molar-refractivity contribution in [1.29, 1.82) is 0 Å². The smallest absolute Gasteiger partial charge is 0.276 e. The lowest BCUT2D eigenvalue weighted by Gasteiger charge is -2.42. The Labute approximate surface area is 153 Å². The summed E-state index contributed by atoms with van der Waals surface area (Å²) in [6, 6.07) is 12.7. The monoisotopic (exact) mass is 355 g/mol. The number of aromatic nitrogens is 1. The van der Waals surface area contributed by atoms with Gasteiger partial charge >= 0.3 is 0 Å². The van der Waals surface area contributed by atoms with Crippen LogP contribution in [0, 0.1) is 12.8 Å². The molecule has 26 heavy (non-hydrogen) atoms. The summed E-state index contributed by atoms with van der Waals surface area (Å²) in [5.41, 5.74) is 1.72. The van der Waals surface area contributed by atoms with Crippen molar-refractivity contribution in [3.05, 3.63) is 53.4 Å². The molecule has 2 fully saturated rings. The number of hydrogen-bond donors (Lipinski definition) is 0. The normalized spacial score (nSPS) is 24.1. The number of likely N-dealkylation sites (tertiary alicyclic amines) is 1. The van der Waals surface area contributed by atoms with E-state index in [0.717, 1.165) is 32.7 Å². The van der Waals surface area contributed by atoms with E-state index in [2.05, 4.69) is 34.3 Å². The van der Waals surface area contributed by atoms with Gasteiger partial charge in [0.05, 0.1) is 13.2 Å². The number of hydrogen-bond acceptors (Lipinski definition) is 5. The van der Waals surface area contributed by atoms with Crippen LogP contribution in [0.5, 0.6) is 0 Å². The Morgan fingerprint density at radius 2 is 2.12 bits per heavy atom. The van der Waals surface area contributed by atoms with Crippen LogP contribution in [-0.4, -0.2) is 59.8 Å². The van der Waals surface area contributed by atoms with Crippen LogP contribution in [0.2, 0.25) is 0 Å². The van der Waals surface area contributed by atoms with Crippen molar-refractivity contribution in [2.45, 2.75) is 25.9 Å². The van der Waals surface area contributed by atoms with Crippen LogP contribution in [0.15, 0.2) is 40.9 Å². The molecule has 0 N–H and O–H groups in total. The summed E-state index contributed by atoms with van der Waals surface area (Å²) in [6.45, 7) is 6.58. The zero-order chi connectivity index (χ0) is 17.9. The molecular formula is C20H25N3O3. The van der Waals surface area contributed by atoms with E-state index in [4.69, 9.17) is 9.26 Å². The number of nitrogens with zero attached hydrogens (tertiary/aromatic N) is 3. The SMILES string of the molecule is Cc1cc(C(=O)N2CC[C@@H]3[C@@H](COCCN3Cc3ccccc3)C2)no1. The second-order valence-electron chi connectivity index (χ2n) is 7.22. The fourth-order valence-corrected chi connectivity index (χ4v) is 4.07. The standard InChI is InChI=1S/C20H25N3O3/c1-15-11-18(21-26-15)20(24)23-8-7-19-17(13-23)14-25-10-9-22(19)12-16-5-3-2-4-6-16/h2-6,11,17,19H,7-10,12-14H2,1H3/t17-,19-/m1/s1. The van der Waals surface area contributed by atoms with Gasteiger partial charge in [-0.05, 0) is 18.9 Å². The molecule has 2 atom stereocenters. The molecule has 2 aliphatic rings. The van der Waals surface area contributed by atoms with Crippen molar-refractivity contribution in [2.75, 3.05) is 32.8 Å². The second kappa shape index (κ2) is 7.60. The Bertz CT molecular complexity index is 746. The van der Waals surface area contributed by atoms with Crippen molar-refractivity contribution < 1.29 is 14.1 Å². The third-order valence-corrected chi connectivity index (χ3v) is 5.38. The molecule has 1 aromatic heterocycles. The lowest BCUT2D eigenvalue weighted by molar-refractivity contribution is 0.0363. The van der Waals surface area contributed by atoms with Crippen LogP contribution in [0.25, 0.3) is 0 Å². The van der Waals surface area contributed by atoms with E-state index in [1.54, 1.807) is 13.0 Å². The highest BCUT2D eigenvalue weighted by Gasteiger charge is 2.37. The molecule has 138 valence electrons. The maximum Gasteiger partial charge on any atom is 0.276 e. The van der Waals surface area contributed by atoms with Gasteiger partial charge in [-0.2, -0.15) is 0 Å². The minimum Gasteiger partial charge on any atom is -0.380 e. The molecule has 2 aliphatic heterocycles. The van der Waals surface area contributed by atoms with Crippen molar-refractivity contribution in [1.82, 2.24) is 15.0 Å². The number of rotatable bonds is 3. The Hall–Kier alpha value is -2.18.